The largest absolute Gasteiger partial charge is 0.497 e. The Morgan fingerprint density at radius 2 is 1.89 bits per heavy atom. The van der Waals surface area contributed by atoms with Crippen molar-refractivity contribution in [3.05, 3.63) is 71.3 Å². The highest BCUT2D eigenvalue weighted by Gasteiger charge is 2.26. The van der Waals surface area contributed by atoms with Crippen LogP contribution in [0.1, 0.15) is 49.6 Å². The quantitative estimate of drug-likeness (QED) is 0.524. The number of fused-ring (bicyclic) bond motifs is 3. The number of benzene rings is 2. The van der Waals surface area contributed by atoms with Crippen molar-refractivity contribution in [1.29, 1.82) is 0 Å². The SMILES string of the molecule is CCCCN1C=Cc2c(n(Cc3ccc(F)cc3)c3cc(OC)ccc23)C1C. The number of hydrogen-bond acceptors (Lipinski definition) is 2. The fraction of sp³-hybridized carbons (Fsp3) is 0.333. The molecule has 1 aromatic heterocycles. The maximum absolute atomic E-state index is 13.4. The molecule has 0 saturated heterocycles. The van der Waals surface area contributed by atoms with Crippen molar-refractivity contribution in [1.82, 2.24) is 9.47 Å². The van der Waals surface area contributed by atoms with Crippen LogP contribution in [0.2, 0.25) is 0 Å². The Labute approximate surface area is 166 Å². The van der Waals surface area contributed by atoms with E-state index in [0.29, 0.717) is 6.54 Å². The van der Waals surface area contributed by atoms with E-state index in [-0.39, 0.29) is 11.9 Å². The van der Waals surface area contributed by atoms with Gasteiger partial charge in [0.2, 0.25) is 0 Å². The van der Waals surface area contributed by atoms with Crippen LogP contribution in [-0.2, 0) is 6.54 Å². The van der Waals surface area contributed by atoms with Crippen LogP contribution in [0, 0.1) is 5.82 Å². The fourth-order valence-corrected chi connectivity index (χ4v) is 4.14. The van der Waals surface area contributed by atoms with Crippen molar-refractivity contribution >= 4 is 17.0 Å². The standard InChI is InChI=1S/C24H27FN2O/c1-4-5-13-26-14-12-22-21-11-10-20(28-3)15-23(21)27(24(22)17(26)2)16-18-6-8-19(25)9-7-18/h6-12,14-15,17H,4-5,13,16H2,1-3H3. The van der Waals surface area contributed by atoms with Gasteiger partial charge in [-0.05, 0) is 49.2 Å². The summed E-state index contributed by atoms with van der Waals surface area (Å²) in [7, 11) is 1.70. The minimum absolute atomic E-state index is 0.202. The lowest BCUT2D eigenvalue weighted by Crippen LogP contribution is -2.27. The highest BCUT2D eigenvalue weighted by atomic mass is 19.1. The van der Waals surface area contributed by atoms with E-state index in [1.54, 1.807) is 7.11 Å². The Bertz CT molecular complexity index is 1000. The fourth-order valence-electron chi connectivity index (χ4n) is 4.14. The molecule has 28 heavy (non-hydrogen) atoms. The maximum Gasteiger partial charge on any atom is 0.123 e. The van der Waals surface area contributed by atoms with Gasteiger partial charge in [0.25, 0.3) is 0 Å². The molecule has 0 bridgehead atoms. The van der Waals surface area contributed by atoms with E-state index in [1.165, 1.54) is 41.6 Å². The van der Waals surface area contributed by atoms with Gasteiger partial charge in [-0.2, -0.15) is 0 Å². The highest BCUT2D eigenvalue weighted by Crippen LogP contribution is 2.39. The molecular formula is C24H27FN2O. The molecule has 2 heterocycles. The number of aromatic nitrogens is 1. The molecule has 0 fully saturated rings. The molecule has 0 spiro atoms. The van der Waals surface area contributed by atoms with Crippen LogP contribution in [0.3, 0.4) is 0 Å². The number of nitrogens with zero attached hydrogens (tertiary/aromatic N) is 2. The molecule has 4 rings (SSSR count). The summed E-state index contributed by atoms with van der Waals surface area (Å²) in [6, 6.07) is 13.4. The zero-order valence-electron chi connectivity index (χ0n) is 16.8. The molecule has 0 amide bonds. The van der Waals surface area contributed by atoms with E-state index in [1.807, 2.05) is 18.2 Å². The predicted octanol–water partition coefficient (Wildman–Crippen LogP) is 5.98. The number of unbranched alkanes of at least 4 members (excludes halogenated alkanes) is 1. The summed E-state index contributed by atoms with van der Waals surface area (Å²) in [6.45, 7) is 6.25. The first-order valence-corrected chi connectivity index (χ1v) is 10.0. The van der Waals surface area contributed by atoms with Crippen LogP contribution in [0.25, 0.3) is 17.0 Å². The second-order valence-corrected chi connectivity index (χ2v) is 7.48. The number of methoxy groups -OCH3 is 1. The Morgan fingerprint density at radius 1 is 1.11 bits per heavy atom. The van der Waals surface area contributed by atoms with Crippen molar-refractivity contribution in [3.8, 4) is 5.75 Å². The van der Waals surface area contributed by atoms with Gasteiger partial charge in [0.1, 0.15) is 11.6 Å². The number of ether oxygens (including phenoxy) is 1. The molecule has 4 heteroatoms. The van der Waals surface area contributed by atoms with E-state index in [2.05, 4.69) is 47.7 Å². The van der Waals surface area contributed by atoms with Crippen LogP contribution < -0.4 is 4.74 Å². The number of rotatable bonds is 6. The summed E-state index contributed by atoms with van der Waals surface area (Å²) < 4.78 is 21.2. The van der Waals surface area contributed by atoms with Crippen LogP contribution in [0.15, 0.2) is 48.7 Å². The molecule has 1 aliphatic rings. The van der Waals surface area contributed by atoms with Crippen molar-refractivity contribution in [2.24, 2.45) is 0 Å². The van der Waals surface area contributed by atoms with Crippen molar-refractivity contribution in [3.63, 3.8) is 0 Å². The van der Waals surface area contributed by atoms with Gasteiger partial charge in [-0.15, -0.1) is 0 Å². The Hall–Kier alpha value is -2.75. The van der Waals surface area contributed by atoms with Crippen LogP contribution >= 0.6 is 0 Å². The smallest absolute Gasteiger partial charge is 0.123 e. The lowest BCUT2D eigenvalue weighted by atomic mass is 10.0. The lowest BCUT2D eigenvalue weighted by molar-refractivity contribution is 0.281. The van der Waals surface area contributed by atoms with Crippen LogP contribution in [0.5, 0.6) is 5.75 Å². The Morgan fingerprint density at radius 3 is 2.61 bits per heavy atom. The molecule has 1 unspecified atom stereocenters. The van der Waals surface area contributed by atoms with Crippen molar-refractivity contribution in [2.45, 2.75) is 39.3 Å². The second kappa shape index (κ2) is 7.70. The molecule has 0 saturated carbocycles. The highest BCUT2D eigenvalue weighted by molar-refractivity contribution is 5.93. The van der Waals surface area contributed by atoms with E-state index in [4.69, 9.17) is 4.74 Å². The van der Waals surface area contributed by atoms with Gasteiger partial charge in [0.05, 0.1) is 18.7 Å². The van der Waals surface area contributed by atoms with Gasteiger partial charge in [-0.1, -0.05) is 25.5 Å². The lowest BCUT2D eigenvalue weighted by Gasteiger charge is -2.32. The molecule has 0 N–H and O–H groups in total. The zero-order chi connectivity index (χ0) is 19.7. The average Bonchev–Trinajstić information content (AvgIpc) is 3.02. The molecule has 3 aromatic rings. The summed E-state index contributed by atoms with van der Waals surface area (Å²) in [5.41, 5.74) is 4.83. The first kappa shape index (κ1) is 18.6. The summed E-state index contributed by atoms with van der Waals surface area (Å²) in [4.78, 5) is 2.42. The third kappa shape index (κ3) is 3.28. The van der Waals surface area contributed by atoms with E-state index >= 15 is 0 Å². The summed E-state index contributed by atoms with van der Waals surface area (Å²) >= 11 is 0. The zero-order valence-corrected chi connectivity index (χ0v) is 16.8. The molecular weight excluding hydrogens is 351 g/mol. The van der Waals surface area contributed by atoms with Crippen molar-refractivity contribution in [2.75, 3.05) is 13.7 Å². The van der Waals surface area contributed by atoms with E-state index in [9.17, 15) is 4.39 Å². The number of halogens is 1. The molecule has 1 aliphatic heterocycles. The van der Waals surface area contributed by atoms with Gasteiger partial charge in [-0.25, -0.2) is 4.39 Å². The molecule has 0 aliphatic carbocycles. The molecule has 0 radical (unpaired) electrons. The second-order valence-electron chi connectivity index (χ2n) is 7.48. The first-order chi connectivity index (χ1) is 13.6. The average molecular weight is 378 g/mol. The van der Waals surface area contributed by atoms with Gasteiger partial charge >= 0.3 is 0 Å². The topological polar surface area (TPSA) is 17.4 Å². The Balaban J connectivity index is 1.85. The monoisotopic (exact) mass is 378 g/mol. The van der Waals surface area contributed by atoms with Gasteiger partial charge < -0.3 is 14.2 Å². The third-order valence-electron chi connectivity index (χ3n) is 5.70. The molecule has 1 atom stereocenters. The van der Waals surface area contributed by atoms with Crippen LogP contribution in [0.4, 0.5) is 4.39 Å². The van der Waals surface area contributed by atoms with E-state index < -0.39 is 0 Å². The predicted molar refractivity (Wildman–Crippen MR) is 113 cm³/mol. The minimum Gasteiger partial charge on any atom is -0.497 e. The molecule has 146 valence electrons. The van der Waals surface area contributed by atoms with Crippen molar-refractivity contribution < 1.29 is 9.13 Å². The summed E-state index contributed by atoms with van der Waals surface area (Å²) in [6.07, 6.45) is 6.82. The number of hydrogen-bond donors (Lipinski definition) is 0. The Kier molecular flexibility index (Phi) is 5.12. The first-order valence-electron chi connectivity index (χ1n) is 10.0. The normalized spacial score (nSPS) is 15.9. The van der Waals surface area contributed by atoms with Gasteiger partial charge in [0, 0.05) is 42.0 Å². The van der Waals surface area contributed by atoms with E-state index in [0.717, 1.165) is 23.4 Å². The maximum atomic E-state index is 13.4. The summed E-state index contributed by atoms with van der Waals surface area (Å²) in [5.74, 6) is 0.647. The van der Waals surface area contributed by atoms with Crippen LogP contribution in [-0.4, -0.2) is 23.1 Å². The third-order valence-corrected chi connectivity index (χ3v) is 5.70. The molecule has 3 nitrogen and oxygen atoms in total. The van der Waals surface area contributed by atoms with Gasteiger partial charge in [-0.3, -0.25) is 0 Å². The minimum atomic E-state index is -0.202. The molecule has 2 aromatic carbocycles. The van der Waals surface area contributed by atoms with Gasteiger partial charge in [0.15, 0.2) is 0 Å². The summed E-state index contributed by atoms with van der Waals surface area (Å²) in [5, 5.41) is 1.23.